The molecule has 0 aliphatic heterocycles. The normalized spacial score (nSPS) is 12.2. The van der Waals surface area contributed by atoms with Crippen LogP contribution in [0.3, 0.4) is 0 Å². The fourth-order valence-electron chi connectivity index (χ4n) is 2.01. The molecular formula is C15H20N2O3. The summed E-state index contributed by atoms with van der Waals surface area (Å²) in [6.45, 7) is 4.93. The van der Waals surface area contributed by atoms with E-state index in [9.17, 15) is 0 Å². The Bertz CT molecular complexity index is 566. The summed E-state index contributed by atoms with van der Waals surface area (Å²) in [5, 5.41) is 3.27. The number of rotatable bonds is 6. The largest absolute Gasteiger partial charge is 0.497 e. The maximum atomic E-state index is 5.81. The van der Waals surface area contributed by atoms with Crippen LogP contribution in [-0.4, -0.2) is 25.7 Å². The van der Waals surface area contributed by atoms with Crippen LogP contribution in [-0.2, 0) is 0 Å². The third-order valence-electron chi connectivity index (χ3n) is 3.08. The van der Waals surface area contributed by atoms with Crippen LogP contribution in [0.4, 0.5) is 0 Å². The molecule has 0 bridgehead atoms. The second kappa shape index (κ2) is 6.43. The van der Waals surface area contributed by atoms with Gasteiger partial charge in [0.2, 0.25) is 5.89 Å². The van der Waals surface area contributed by atoms with Crippen LogP contribution < -0.4 is 14.8 Å². The highest BCUT2D eigenvalue weighted by Gasteiger charge is 2.15. The molecule has 0 saturated heterocycles. The summed E-state index contributed by atoms with van der Waals surface area (Å²) in [5.41, 5.74) is 0.857. The van der Waals surface area contributed by atoms with E-state index in [0.29, 0.717) is 17.4 Å². The average molecular weight is 276 g/mol. The minimum absolute atomic E-state index is 0.0815. The van der Waals surface area contributed by atoms with E-state index < -0.39 is 0 Å². The van der Waals surface area contributed by atoms with E-state index >= 15 is 0 Å². The number of nitrogens with zero attached hydrogens (tertiary/aromatic N) is 1. The molecule has 5 heteroatoms. The van der Waals surface area contributed by atoms with Gasteiger partial charge in [-0.1, -0.05) is 6.92 Å². The van der Waals surface area contributed by atoms with Gasteiger partial charge >= 0.3 is 0 Å². The maximum absolute atomic E-state index is 5.81. The third kappa shape index (κ3) is 2.93. The monoisotopic (exact) mass is 276 g/mol. The van der Waals surface area contributed by atoms with Gasteiger partial charge in [-0.05, 0) is 25.6 Å². The first-order valence-corrected chi connectivity index (χ1v) is 6.61. The van der Waals surface area contributed by atoms with Crippen molar-refractivity contribution in [1.29, 1.82) is 0 Å². The molecular weight excluding hydrogens is 256 g/mol. The molecule has 0 aliphatic carbocycles. The molecule has 2 aromatic rings. The molecule has 1 heterocycles. The lowest BCUT2D eigenvalue weighted by molar-refractivity contribution is 0.392. The molecule has 1 aromatic carbocycles. The topological polar surface area (TPSA) is 56.5 Å². The summed E-state index contributed by atoms with van der Waals surface area (Å²) in [4.78, 5) is 4.31. The van der Waals surface area contributed by atoms with Crippen LogP contribution in [0.25, 0.3) is 11.3 Å². The van der Waals surface area contributed by atoms with Crippen LogP contribution in [0.5, 0.6) is 11.5 Å². The smallest absolute Gasteiger partial charge is 0.211 e. The fourth-order valence-corrected chi connectivity index (χ4v) is 2.01. The highest BCUT2D eigenvalue weighted by atomic mass is 16.5. The summed E-state index contributed by atoms with van der Waals surface area (Å²) in [7, 11) is 3.25. The van der Waals surface area contributed by atoms with Crippen molar-refractivity contribution in [3.05, 3.63) is 30.3 Å². The quantitative estimate of drug-likeness (QED) is 0.879. The Labute approximate surface area is 118 Å². The Hall–Kier alpha value is -2.01. The van der Waals surface area contributed by atoms with Crippen LogP contribution in [0.1, 0.15) is 25.8 Å². The SMILES string of the molecule is CCNC(C)c1ncc(-c2ccc(OC)cc2OC)o1. The third-order valence-corrected chi connectivity index (χ3v) is 3.08. The van der Waals surface area contributed by atoms with Gasteiger partial charge < -0.3 is 19.2 Å². The Morgan fingerprint density at radius 1 is 1.30 bits per heavy atom. The molecule has 0 aliphatic rings. The summed E-state index contributed by atoms with van der Waals surface area (Å²) in [6.07, 6.45) is 1.72. The van der Waals surface area contributed by atoms with E-state index in [2.05, 4.69) is 10.3 Å². The predicted molar refractivity (Wildman–Crippen MR) is 77.1 cm³/mol. The summed E-state index contributed by atoms with van der Waals surface area (Å²) in [6, 6.07) is 5.68. The van der Waals surface area contributed by atoms with Gasteiger partial charge in [-0.15, -0.1) is 0 Å². The van der Waals surface area contributed by atoms with Crippen LogP contribution in [0.2, 0.25) is 0 Å². The number of nitrogens with one attached hydrogen (secondary N) is 1. The fraction of sp³-hybridized carbons (Fsp3) is 0.400. The van der Waals surface area contributed by atoms with E-state index in [-0.39, 0.29) is 6.04 Å². The number of ether oxygens (including phenoxy) is 2. The molecule has 1 N–H and O–H groups in total. The highest BCUT2D eigenvalue weighted by Crippen LogP contribution is 2.34. The van der Waals surface area contributed by atoms with Gasteiger partial charge in [0.25, 0.3) is 0 Å². The van der Waals surface area contributed by atoms with E-state index in [1.165, 1.54) is 0 Å². The van der Waals surface area contributed by atoms with E-state index in [0.717, 1.165) is 17.9 Å². The zero-order valence-electron chi connectivity index (χ0n) is 12.3. The van der Waals surface area contributed by atoms with Crippen molar-refractivity contribution in [3.63, 3.8) is 0 Å². The lowest BCUT2D eigenvalue weighted by Gasteiger charge is -2.09. The van der Waals surface area contributed by atoms with Gasteiger partial charge in [0.1, 0.15) is 11.5 Å². The Morgan fingerprint density at radius 2 is 2.10 bits per heavy atom. The van der Waals surface area contributed by atoms with E-state index in [1.54, 1.807) is 20.4 Å². The molecule has 20 heavy (non-hydrogen) atoms. The van der Waals surface area contributed by atoms with Crippen LogP contribution in [0.15, 0.2) is 28.8 Å². The van der Waals surface area contributed by atoms with Crippen LogP contribution >= 0.6 is 0 Å². The molecule has 1 unspecified atom stereocenters. The molecule has 2 rings (SSSR count). The number of methoxy groups -OCH3 is 2. The lowest BCUT2D eigenvalue weighted by Crippen LogP contribution is -2.17. The van der Waals surface area contributed by atoms with Crippen LogP contribution in [0, 0.1) is 0 Å². The van der Waals surface area contributed by atoms with Gasteiger partial charge in [-0.25, -0.2) is 4.98 Å². The Kier molecular flexibility index (Phi) is 4.63. The van der Waals surface area contributed by atoms with Gasteiger partial charge in [0.15, 0.2) is 5.76 Å². The molecule has 0 radical (unpaired) electrons. The minimum atomic E-state index is 0.0815. The second-order valence-corrected chi connectivity index (χ2v) is 4.41. The first-order valence-electron chi connectivity index (χ1n) is 6.61. The first kappa shape index (κ1) is 14.4. The van der Waals surface area contributed by atoms with E-state index in [1.807, 2.05) is 32.0 Å². The summed E-state index contributed by atoms with van der Waals surface area (Å²) >= 11 is 0. The predicted octanol–water partition coefficient (Wildman–Crippen LogP) is 3.03. The van der Waals surface area contributed by atoms with E-state index in [4.69, 9.17) is 13.9 Å². The number of aromatic nitrogens is 1. The van der Waals surface area contributed by atoms with Gasteiger partial charge in [0.05, 0.1) is 32.0 Å². The van der Waals surface area contributed by atoms with Crippen molar-refractivity contribution < 1.29 is 13.9 Å². The van der Waals surface area contributed by atoms with Crippen molar-refractivity contribution in [1.82, 2.24) is 10.3 Å². The van der Waals surface area contributed by atoms with Crippen molar-refractivity contribution in [2.24, 2.45) is 0 Å². The number of hydrogen-bond donors (Lipinski definition) is 1. The summed E-state index contributed by atoms with van der Waals surface area (Å²) < 4.78 is 16.4. The summed E-state index contributed by atoms with van der Waals surface area (Å²) in [5.74, 6) is 2.79. The molecule has 108 valence electrons. The Morgan fingerprint density at radius 3 is 2.75 bits per heavy atom. The standard InChI is InChI=1S/C15H20N2O3/c1-5-16-10(2)15-17-9-14(20-15)12-7-6-11(18-3)8-13(12)19-4/h6-10,16H,5H2,1-4H3. The second-order valence-electron chi connectivity index (χ2n) is 4.41. The Balaban J connectivity index is 2.32. The van der Waals surface area contributed by atoms with Crippen molar-refractivity contribution in [2.45, 2.75) is 19.9 Å². The van der Waals surface area contributed by atoms with Gasteiger partial charge in [0, 0.05) is 6.07 Å². The molecule has 5 nitrogen and oxygen atoms in total. The van der Waals surface area contributed by atoms with Crippen molar-refractivity contribution in [3.8, 4) is 22.8 Å². The maximum Gasteiger partial charge on any atom is 0.211 e. The average Bonchev–Trinajstić information content (AvgIpc) is 2.96. The molecule has 1 aromatic heterocycles. The first-order chi connectivity index (χ1) is 9.69. The minimum Gasteiger partial charge on any atom is -0.497 e. The lowest BCUT2D eigenvalue weighted by atomic mass is 10.1. The number of benzene rings is 1. The highest BCUT2D eigenvalue weighted by molar-refractivity contribution is 5.66. The zero-order valence-corrected chi connectivity index (χ0v) is 12.3. The zero-order chi connectivity index (χ0) is 14.5. The number of oxazole rings is 1. The molecule has 0 spiro atoms. The van der Waals surface area contributed by atoms with Crippen molar-refractivity contribution in [2.75, 3.05) is 20.8 Å². The molecule has 0 fully saturated rings. The molecule has 0 saturated carbocycles. The van der Waals surface area contributed by atoms with Gasteiger partial charge in [-0.2, -0.15) is 0 Å². The molecule has 0 amide bonds. The van der Waals surface area contributed by atoms with Crippen molar-refractivity contribution >= 4 is 0 Å². The van der Waals surface area contributed by atoms with Gasteiger partial charge in [-0.3, -0.25) is 0 Å². The molecule has 1 atom stereocenters. The number of hydrogen-bond acceptors (Lipinski definition) is 5.